The summed E-state index contributed by atoms with van der Waals surface area (Å²) in [6, 6.07) is 12.4. The molecule has 0 aromatic heterocycles. The fourth-order valence-corrected chi connectivity index (χ4v) is 2.57. The van der Waals surface area contributed by atoms with E-state index in [9.17, 15) is 9.90 Å². The van der Waals surface area contributed by atoms with Crippen LogP contribution in [0.3, 0.4) is 0 Å². The molecule has 0 saturated heterocycles. The van der Waals surface area contributed by atoms with Crippen molar-refractivity contribution in [2.24, 2.45) is 0 Å². The zero-order valence-electron chi connectivity index (χ0n) is 10.6. The van der Waals surface area contributed by atoms with E-state index in [0.717, 1.165) is 16.2 Å². The van der Waals surface area contributed by atoms with E-state index in [1.54, 1.807) is 12.1 Å². The predicted molar refractivity (Wildman–Crippen MR) is 87.7 cm³/mol. The Hall–Kier alpha value is -1.33. The molecule has 0 radical (unpaired) electrons. The SMILES string of the molecule is O=C(Nc1ccc(CCBr)cc1)c1cc(Br)ccc1O. The molecule has 2 rings (SSSR count). The fourth-order valence-electron chi connectivity index (χ4n) is 1.75. The summed E-state index contributed by atoms with van der Waals surface area (Å²) in [5.74, 6) is -0.376. The van der Waals surface area contributed by atoms with Crippen LogP contribution >= 0.6 is 31.9 Å². The largest absolute Gasteiger partial charge is 0.507 e. The smallest absolute Gasteiger partial charge is 0.259 e. The molecular formula is C15H13Br2NO2. The number of hydrogen-bond acceptors (Lipinski definition) is 2. The van der Waals surface area contributed by atoms with Gasteiger partial charge in [-0.15, -0.1) is 0 Å². The summed E-state index contributed by atoms with van der Waals surface area (Å²) in [4.78, 5) is 12.1. The van der Waals surface area contributed by atoms with Crippen LogP contribution in [0, 0.1) is 0 Å². The molecule has 0 fully saturated rings. The number of hydrogen-bond donors (Lipinski definition) is 2. The number of phenolic OH excluding ortho intramolecular Hbond substituents is 1. The standard InChI is InChI=1S/C15H13Br2NO2/c16-8-7-10-1-4-12(5-2-10)18-15(20)13-9-11(17)3-6-14(13)19/h1-6,9,19H,7-8H2,(H,18,20). The van der Waals surface area contributed by atoms with Crippen LogP contribution in [0.2, 0.25) is 0 Å². The lowest BCUT2D eigenvalue weighted by atomic mass is 10.1. The molecule has 5 heteroatoms. The third-order valence-corrected chi connectivity index (χ3v) is 3.69. The Morgan fingerprint density at radius 3 is 2.50 bits per heavy atom. The van der Waals surface area contributed by atoms with E-state index in [2.05, 4.69) is 37.2 Å². The number of carbonyl (C=O) groups is 1. The topological polar surface area (TPSA) is 49.3 Å². The summed E-state index contributed by atoms with van der Waals surface area (Å²) in [7, 11) is 0. The van der Waals surface area contributed by atoms with Gasteiger partial charge in [-0.3, -0.25) is 4.79 Å². The maximum atomic E-state index is 12.1. The van der Waals surface area contributed by atoms with Crippen molar-refractivity contribution in [1.29, 1.82) is 0 Å². The van der Waals surface area contributed by atoms with Crippen molar-refractivity contribution in [3.63, 3.8) is 0 Å². The van der Waals surface area contributed by atoms with Crippen molar-refractivity contribution in [2.45, 2.75) is 6.42 Å². The van der Waals surface area contributed by atoms with Gasteiger partial charge in [0.15, 0.2) is 0 Å². The van der Waals surface area contributed by atoms with E-state index in [4.69, 9.17) is 0 Å². The van der Waals surface area contributed by atoms with Crippen LogP contribution in [0.1, 0.15) is 15.9 Å². The molecule has 0 aliphatic carbocycles. The van der Waals surface area contributed by atoms with Crippen molar-refractivity contribution in [2.75, 3.05) is 10.6 Å². The van der Waals surface area contributed by atoms with Crippen molar-refractivity contribution in [1.82, 2.24) is 0 Å². The summed E-state index contributed by atoms with van der Waals surface area (Å²) in [5, 5.41) is 13.4. The third-order valence-electron chi connectivity index (χ3n) is 2.80. The van der Waals surface area contributed by atoms with Crippen LogP contribution in [0.5, 0.6) is 5.75 Å². The van der Waals surface area contributed by atoms with Gasteiger partial charge in [-0.2, -0.15) is 0 Å². The van der Waals surface area contributed by atoms with Crippen LogP contribution in [0.25, 0.3) is 0 Å². The highest BCUT2D eigenvalue weighted by Crippen LogP contribution is 2.23. The summed E-state index contributed by atoms with van der Waals surface area (Å²) >= 11 is 6.67. The highest BCUT2D eigenvalue weighted by molar-refractivity contribution is 9.10. The van der Waals surface area contributed by atoms with E-state index in [-0.39, 0.29) is 17.2 Å². The van der Waals surface area contributed by atoms with Crippen LogP contribution in [0.4, 0.5) is 5.69 Å². The summed E-state index contributed by atoms with van der Waals surface area (Å²) < 4.78 is 0.744. The molecule has 0 heterocycles. The van der Waals surface area contributed by atoms with Crippen molar-refractivity contribution < 1.29 is 9.90 Å². The Labute approximate surface area is 134 Å². The number of alkyl halides is 1. The van der Waals surface area contributed by atoms with E-state index >= 15 is 0 Å². The average Bonchev–Trinajstić information content (AvgIpc) is 2.44. The van der Waals surface area contributed by atoms with Crippen LogP contribution < -0.4 is 5.32 Å². The van der Waals surface area contributed by atoms with Gasteiger partial charge in [-0.1, -0.05) is 44.0 Å². The quantitative estimate of drug-likeness (QED) is 0.752. The number of rotatable bonds is 4. The molecule has 3 nitrogen and oxygen atoms in total. The molecule has 2 aromatic carbocycles. The second-order valence-electron chi connectivity index (χ2n) is 4.25. The number of anilines is 1. The van der Waals surface area contributed by atoms with Gasteiger partial charge in [-0.25, -0.2) is 0 Å². The number of aromatic hydroxyl groups is 1. The number of halogens is 2. The Morgan fingerprint density at radius 1 is 1.15 bits per heavy atom. The van der Waals surface area contributed by atoms with Crippen molar-refractivity contribution in [3.05, 3.63) is 58.1 Å². The first kappa shape index (κ1) is 15.1. The number of amides is 1. The molecule has 0 spiro atoms. The summed E-state index contributed by atoms with van der Waals surface area (Å²) in [6.07, 6.45) is 0.945. The predicted octanol–water partition coefficient (Wildman–Crippen LogP) is 4.34. The molecule has 0 aliphatic heterocycles. The molecule has 20 heavy (non-hydrogen) atoms. The monoisotopic (exact) mass is 397 g/mol. The minimum absolute atomic E-state index is 0.0402. The van der Waals surface area contributed by atoms with Crippen LogP contribution in [0.15, 0.2) is 46.9 Å². The summed E-state index contributed by atoms with van der Waals surface area (Å²) in [6.45, 7) is 0. The molecule has 0 aliphatic rings. The number of nitrogens with one attached hydrogen (secondary N) is 1. The first-order chi connectivity index (χ1) is 9.60. The molecular weight excluding hydrogens is 386 g/mol. The lowest BCUT2D eigenvalue weighted by Gasteiger charge is -2.08. The molecule has 0 atom stereocenters. The van der Waals surface area contributed by atoms with Gasteiger partial charge in [0.1, 0.15) is 5.75 Å². The number of carbonyl (C=O) groups excluding carboxylic acids is 1. The minimum atomic E-state index is -0.336. The number of aryl methyl sites for hydroxylation is 1. The highest BCUT2D eigenvalue weighted by Gasteiger charge is 2.11. The molecule has 2 aromatic rings. The first-order valence-corrected chi connectivity index (χ1v) is 7.96. The second-order valence-corrected chi connectivity index (χ2v) is 5.96. The first-order valence-electron chi connectivity index (χ1n) is 6.05. The normalized spacial score (nSPS) is 10.3. The minimum Gasteiger partial charge on any atom is -0.507 e. The molecule has 0 unspecified atom stereocenters. The van der Waals surface area contributed by atoms with Gasteiger partial charge in [0.25, 0.3) is 5.91 Å². The fraction of sp³-hybridized carbons (Fsp3) is 0.133. The molecule has 104 valence electrons. The zero-order chi connectivity index (χ0) is 14.5. The van der Waals surface area contributed by atoms with Gasteiger partial charge in [0, 0.05) is 15.5 Å². The highest BCUT2D eigenvalue weighted by atomic mass is 79.9. The van der Waals surface area contributed by atoms with Gasteiger partial charge < -0.3 is 10.4 Å². The van der Waals surface area contributed by atoms with E-state index < -0.39 is 0 Å². The zero-order valence-corrected chi connectivity index (χ0v) is 13.7. The summed E-state index contributed by atoms with van der Waals surface area (Å²) in [5.41, 5.74) is 2.14. The molecule has 0 saturated carbocycles. The Morgan fingerprint density at radius 2 is 1.85 bits per heavy atom. The van der Waals surface area contributed by atoms with Gasteiger partial charge >= 0.3 is 0 Å². The lowest BCUT2D eigenvalue weighted by Crippen LogP contribution is -2.12. The van der Waals surface area contributed by atoms with E-state index in [0.29, 0.717) is 5.69 Å². The van der Waals surface area contributed by atoms with Crippen molar-refractivity contribution >= 4 is 43.5 Å². The van der Waals surface area contributed by atoms with Crippen molar-refractivity contribution in [3.8, 4) is 5.75 Å². The number of benzene rings is 2. The lowest BCUT2D eigenvalue weighted by molar-refractivity contribution is 0.102. The van der Waals surface area contributed by atoms with Gasteiger partial charge in [-0.05, 0) is 42.3 Å². The maximum absolute atomic E-state index is 12.1. The third kappa shape index (κ3) is 3.84. The van der Waals surface area contributed by atoms with Gasteiger partial charge in [0.05, 0.1) is 5.56 Å². The molecule has 1 amide bonds. The van der Waals surface area contributed by atoms with Gasteiger partial charge in [0.2, 0.25) is 0 Å². The number of phenols is 1. The average molecular weight is 399 g/mol. The van der Waals surface area contributed by atoms with Crippen LogP contribution in [-0.4, -0.2) is 16.3 Å². The van der Waals surface area contributed by atoms with Crippen LogP contribution in [-0.2, 0) is 6.42 Å². The van der Waals surface area contributed by atoms with E-state index in [1.807, 2.05) is 24.3 Å². The Balaban J connectivity index is 2.13. The van der Waals surface area contributed by atoms with E-state index in [1.165, 1.54) is 11.6 Å². The Bertz CT molecular complexity index is 612. The second kappa shape index (κ2) is 6.90. The maximum Gasteiger partial charge on any atom is 0.259 e. The Kier molecular flexibility index (Phi) is 5.20. The molecule has 2 N–H and O–H groups in total. The molecule has 0 bridgehead atoms.